The van der Waals surface area contributed by atoms with Crippen LogP contribution in [0.4, 0.5) is 13.2 Å². The quantitative estimate of drug-likeness (QED) is 0.616. The van der Waals surface area contributed by atoms with Crippen LogP contribution in [0.2, 0.25) is 0 Å². The number of hydrogen-bond donors (Lipinski definition) is 0. The third-order valence-electron chi connectivity index (χ3n) is 2.19. The number of hydrogen-bond acceptors (Lipinski definition) is 3. The summed E-state index contributed by atoms with van der Waals surface area (Å²) in [6, 6.07) is 4.77. The Morgan fingerprint density at radius 1 is 1.17 bits per heavy atom. The highest BCUT2D eigenvalue weighted by molar-refractivity contribution is 7.85. The Bertz CT molecular complexity index is 477. The summed E-state index contributed by atoms with van der Waals surface area (Å²) in [7, 11) is -3.45. The minimum absolute atomic E-state index is 0.0276. The largest absolute Gasteiger partial charge is 0.416 e. The van der Waals surface area contributed by atoms with Crippen molar-refractivity contribution in [1.29, 1.82) is 0 Å². The van der Waals surface area contributed by atoms with Crippen LogP contribution in [0, 0.1) is 0 Å². The molecule has 0 saturated carbocycles. The molecule has 1 aromatic carbocycles. The van der Waals surface area contributed by atoms with Crippen LogP contribution in [0.25, 0.3) is 0 Å². The monoisotopic (exact) mass is 282 g/mol. The first-order valence-electron chi connectivity index (χ1n) is 5.19. The first-order chi connectivity index (χ1) is 8.18. The maximum atomic E-state index is 12.3. The van der Waals surface area contributed by atoms with Crippen LogP contribution in [0.15, 0.2) is 24.3 Å². The van der Waals surface area contributed by atoms with Gasteiger partial charge in [-0.1, -0.05) is 12.1 Å². The third kappa shape index (κ3) is 5.50. The molecule has 0 unspecified atom stereocenters. The molecule has 0 aliphatic rings. The molecule has 0 N–H and O–H groups in total. The lowest BCUT2D eigenvalue weighted by molar-refractivity contribution is -0.137. The topological polar surface area (TPSA) is 43.4 Å². The number of alkyl halides is 3. The zero-order chi connectivity index (χ0) is 13.8. The SMILES string of the molecule is CS(=O)(=O)OCCCc1ccc(C(F)(F)F)cc1. The Morgan fingerprint density at radius 3 is 2.17 bits per heavy atom. The molecule has 0 atom stereocenters. The van der Waals surface area contributed by atoms with Crippen LogP contribution in [0.1, 0.15) is 17.5 Å². The molecule has 1 aromatic rings. The molecule has 0 amide bonds. The first kappa shape index (κ1) is 15.0. The van der Waals surface area contributed by atoms with E-state index in [0.717, 1.165) is 18.4 Å². The van der Waals surface area contributed by atoms with Gasteiger partial charge in [-0.05, 0) is 30.5 Å². The molecule has 0 aliphatic carbocycles. The van der Waals surface area contributed by atoms with Crippen molar-refractivity contribution >= 4 is 10.1 Å². The molecule has 0 aromatic heterocycles. The van der Waals surface area contributed by atoms with Gasteiger partial charge < -0.3 is 0 Å². The van der Waals surface area contributed by atoms with Crippen molar-refractivity contribution in [2.24, 2.45) is 0 Å². The fourth-order valence-corrected chi connectivity index (χ4v) is 1.77. The summed E-state index contributed by atoms with van der Waals surface area (Å²) in [6.07, 6.45) is -2.49. The molecule has 0 saturated heterocycles. The van der Waals surface area contributed by atoms with Crippen LogP contribution in [-0.4, -0.2) is 21.3 Å². The lowest BCUT2D eigenvalue weighted by atomic mass is 10.1. The second-order valence-electron chi connectivity index (χ2n) is 3.82. The second-order valence-corrected chi connectivity index (χ2v) is 5.47. The molecule has 7 heteroatoms. The van der Waals surface area contributed by atoms with Gasteiger partial charge in [0.1, 0.15) is 0 Å². The average molecular weight is 282 g/mol. The van der Waals surface area contributed by atoms with E-state index in [4.69, 9.17) is 0 Å². The van der Waals surface area contributed by atoms with Gasteiger partial charge in [-0.3, -0.25) is 4.18 Å². The van der Waals surface area contributed by atoms with Gasteiger partial charge in [0.15, 0.2) is 0 Å². The van der Waals surface area contributed by atoms with E-state index in [1.165, 1.54) is 12.1 Å². The van der Waals surface area contributed by atoms with Crippen molar-refractivity contribution in [3.05, 3.63) is 35.4 Å². The molecule has 102 valence electrons. The normalized spacial score (nSPS) is 12.7. The fourth-order valence-electron chi connectivity index (χ4n) is 1.35. The molecule has 18 heavy (non-hydrogen) atoms. The number of aryl methyl sites for hydroxylation is 1. The Labute approximate surface area is 104 Å². The van der Waals surface area contributed by atoms with Crippen LogP contribution < -0.4 is 0 Å². The highest BCUT2D eigenvalue weighted by Crippen LogP contribution is 2.29. The standard InChI is InChI=1S/C11H13F3O3S/c1-18(15,16)17-8-2-3-9-4-6-10(7-5-9)11(12,13)14/h4-7H,2-3,8H2,1H3. The second kappa shape index (κ2) is 5.71. The van der Waals surface area contributed by atoms with E-state index in [2.05, 4.69) is 4.18 Å². The van der Waals surface area contributed by atoms with E-state index < -0.39 is 21.9 Å². The first-order valence-corrected chi connectivity index (χ1v) is 7.01. The molecule has 1 rings (SSSR count). The van der Waals surface area contributed by atoms with Crippen molar-refractivity contribution in [1.82, 2.24) is 0 Å². The summed E-state index contributed by atoms with van der Waals surface area (Å²) in [6.45, 7) is 0.0276. The molecule has 0 aliphatic heterocycles. The van der Waals surface area contributed by atoms with Crippen LogP contribution in [-0.2, 0) is 26.9 Å². The van der Waals surface area contributed by atoms with E-state index >= 15 is 0 Å². The molecule has 3 nitrogen and oxygen atoms in total. The highest BCUT2D eigenvalue weighted by atomic mass is 32.2. The molecule has 0 bridgehead atoms. The van der Waals surface area contributed by atoms with Gasteiger partial charge in [-0.25, -0.2) is 0 Å². The number of benzene rings is 1. The van der Waals surface area contributed by atoms with Gasteiger partial charge in [0.25, 0.3) is 10.1 Å². The Hall–Kier alpha value is -1.08. The van der Waals surface area contributed by atoms with Crippen molar-refractivity contribution in [2.45, 2.75) is 19.0 Å². The van der Waals surface area contributed by atoms with E-state index in [1.54, 1.807) is 0 Å². The average Bonchev–Trinajstić information content (AvgIpc) is 2.22. The van der Waals surface area contributed by atoms with Gasteiger partial charge in [-0.15, -0.1) is 0 Å². The molecule has 0 heterocycles. The van der Waals surface area contributed by atoms with Crippen LogP contribution >= 0.6 is 0 Å². The van der Waals surface area contributed by atoms with Crippen molar-refractivity contribution in [3.8, 4) is 0 Å². The Kier molecular flexibility index (Phi) is 4.75. The van der Waals surface area contributed by atoms with Gasteiger partial charge in [0, 0.05) is 0 Å². The molecule has 0 fully saturated rings. The van der Waals surface area contributed by atoms with Crippen molar-refractivity contribution in [3.63, 3.8) is 0 Å². The summed E-state index contributed by atoms with van der Waals surface area (Å²) in [5.41, 5.74) is 0.0127. The minimum atomic E-state index is -4.34. The summed E-state index contributed by atoms with van der Waals surface area (Å²) < 4.78 is 62.6. The van der Waals surface area contributed by atoms with E-state index in [0.29, 0.717) is 18.4 Å². The van der Waals surface area contributed by atoms with E-state index in [-0.39, 0.29) is 6.61 Å². The van der Waals surface area contributed by atoms with E-state index in [1.807, 2.05) is 0 Å². The smallest absolute Gasteiger partial charge is 0.270 e. The fraction of sp³-hybridized carbons (Fsp3) is 0.455. The van der Waals surface area contributed by atoms with E-state index in [9.17, 15) is 21.6 Å². The van der Waals surface area contributed by atoms with Crippen molar-refractivity contribution < 1.29 is 25.8 Å². The van der Waals surface area contributed by atoms with Crippen molar-refractivity contribution in [2.75, 3.05) is 12.9 Å². The minimum Gasteiger partial charge on any atom is -0.270 e. The molecule has 0 spiro atoms. The lowest BCUT2D eigenvalue weighted by Gasteiger charge is -2.07. The highest BCUT2D eigenvalue weighted by Gasteiger charge is 2.29. The van der Waals surface area contributed by atoms with Crippen LogP contribution in [0.3, 0.4) is 0 Å². The predicted molar refractivity (Wildman–Crippen MR) is 60.6 cm³/mol. The van der Waals surface area contributed by atoms with Crippen LogP contribution in [0.5, 0.6) is 0 Å². The Morgan fingerprint density at radius 2 is 1.72 bits per heavy atom. The maximum absolute atomic E-state index is 12.3. The predicted octanol–water partition coefficient (Wildman–Crippen LogP) is 2.61. The lowest BCUT2D eigenvalue weighted by Crippen LogP contribution is -2.06. The summed E-state index contributed by atoms with van der Waals surface area (Å²) in [4.78, 5) is 0. The van der Waals surface area contributed by atoms with Gasteiger partial charge in [0.05, 0.1) is 18.4 Å². The zero-order valence-electron chi connectivity index (χ0n) is 9.70. The molecule has 0 radical (unpaired) electrons. The summed E-state index contributed by atoms with van der Waals surface area (Å²) >= 11 is 0. The summed E-state index contributed by atoms with van der Waals surface area (Å²) in [5, 5.41) is 0. The number of rotatable bonds is 5. The molecular weight excluding hydrogens is 269 g/mol. The molecular formula is C11H13F3O3S. The van der Waals surface area contributed by atoms with Gasteiger partial charge >= 0.3 is 6.18 Å². The Balaban J connectivity index is 2.45. The third-order valence-corrected chi connectivity index (χ3v) is 2.78. The zero-order valence-corrected chi connectivity index (χ0v) is 10.5. The van der Waals surface area contributed by atoms with Gasteiger partial charge in [0.2, 0.25) is 0 Å². The number of halogens is 3. The van der Waals surface area contributed by atoms with Gasteiger partial charge in [-0.2, -0.15) is 21.6 Å². The maximum Gasteiger partial charge on any atom is 0.416 e. The summed E-state index contributed by atoms with van der Waals surface area (Å²) in [5.74, 6) is 0.